The van der Waals surface area contributed by atoms with Crippen molar-refractivity contribution in [3.8, 4) is 0 Å². The van der Waals surface area contributed by atoms with Gasteiger partial charge in [0.05, 0.1) is 0 Å². The predicted octanol–water partition coefficient (Wildman–Crippen LogP) is 1.65. The molecule has 1 aliphatic carbocycles. The molecule has 0 aliphatic heterocycles. The van der Waals surface area contributed by atoms with Crippen LogP contribution in [0.1, 0.15) is 19.3 Å². The third-order valence-corrected chi connectivity index (χ3v) is 0.528. The summed E-state index contributed by atoms with van der Waals surface area (Å²) < 4.78 is 0. The molecule has 0 bridgehead atoms. The van der Waals surface area contributed by atoms with Crippen LogP contribution < -0.4 is 0 Å². The maximum Gasteiger partial charge on any atom is 0.503 e. The number of hydrogen-bond acceptors (Lipinski definition) is 2. The SMILES string of the molecule is C1CC1.C=CC(=O)O.O=C(O)O. The van der Waals surface area contributed by atoms with E-state index in [1.807, 2.05) is 0 Å². The third-order valence-electron chi connectivity index (χ3n) is 0.528. The molecule has 1 fully saturated rings. The second-order valence-electron chi connectivity index (χ2n) is 1.89. The number of carbonyl (C=O) groups is 2. The van der Waals surface area contributed by atoms with Gasteiger partial charge in [-0.2, -0.15) is 0 Å². The summed E-state index contributed by atoms with van der Waals surface area (Å²) in [5, 5.41) is 21.5. The molecule has 0 amide bonds. The minimum atomic E-state index is -1.83. The highest BCUT2D eigenvalue weighted by Crippen LogP contribution is 2.14. The van der Waals surface area contributed by atoms with E-state index in [1.54, 1.807) is 0 Å². The van der Waals surface area contributed by atoms with E-state index in [9.17, 15) is 4.79 Å². The van der Waals surface area contributed by atoms with Gasteiger partial charge in [-0.1, -0.05) is 25.8 Å². The fourth-order valence-electron chi connectivity index (χ4n) is 0. The molecular formula is C7H12O5. The van der Waals surface area contributed by atoms with Crippen molar-refractivity contribution in [3.63, 3.8) is 0 Å². The van der Waals surface area contributed by atoms with Crippen LogP contribution in [0.2, 0.25) is 0 Å². The highest BCUT2D eigenvalue weighted by atomic mass is 16.6. The van der Waals surface area contributed by atoms with Crippen LogP contribution in [0.25, 0.3) is 0 Å². The number of rotatable bonds is 1. The van der Waals surface area contributed by atoms with E-state index in [4.69, 9.17) is 20.1 Å². The number of hydrogen-bond donors (Lipinski definition) is 3. The summed E-state index contributed by atoms with van der Waals surface area (Å²) >= 11 is 0. The lowest BCUT2D eigenvalue weighted by molar-refractivity contribution is -0.131. The van der Waals surface area contributed by atoms with Gasteiger partial charge in [-0.05, 0) is 0 Å². The summed E-state index contributed by atoms with van der Waals surface area (Å²) in [6.45, 7) is 2.96. The van der Waals surface area contributed by atoms with E-state index in [-0.39, 0.29) is 0 Å². The summed E-state index contributed by atoms with van der Waals surface area (Å²) in [6.07, 6.45) is 3.50. The summed E-state index contributed by atoms with van der Waals surface area (Å²) in [5.41, 5.74) is 0. The van der Waals surface area contributed by atoms with E-state index in [1.165, 1.54) is 19.3 Å². The van der Waals surface area contributed by atoms with Crippen LogP contribution in [0.4, 0.5) is 4.79 Å². The lowest BCUT2D eigenvalue weighted by atomic mass is 10.7. The van der Waals surface area contributed by atoms with Gasteiger partial charge in [0.2, 0.25) is 0 Å². The van der Waals surface area contributed by atoms with Crippen molar-refractivity contribution in [3.05, 3.63) is 12.7 Å². The molecule has 0 unspecified atom stereocenters. The highest BCUT2D eigenvalue weighted by molar-refractivity contribution is 5.78. The van der Waals surface area contributed by atoms with Gasteiger partial charge in [0, 0.05) is 6.08 Å². The fraction of sp³-hybridized carbons (Fsp3) is 0.429. The maximum atomic E-state index is 9.25. The van der Waals surface area contributed by atoms with Gasteiger partial charge in [-0.15, -0.1) is 0 Å². The maximum absolute atomic E-state index is 9.25. The van der Waals surface area contributed by atoms with Gasteiger partial charge >= 0.3 is 12.1 Å². The Labute approximate surface area is 70.0 Å². The van der Waals surface area contributed by atoms with Gasteiger partial charge in [0.1, 0.15) is 0 Å². The topological polar surface area (TPSA) is 94.8 Å². The largest absolute Gasteiger partial charge is 0.503 e. The average Bonchev–Trinajstić information content (AvgIpc) is 2.70. The zero-order valence-corrected chi connectivity index (χ0v) is 6.56. The second kappa shape index (κ2) is 9.48. The Bertz CT molecular complexity index is 143. The Morgan fingerprint density at radius 3 is 1.25 bits per heavy atom. The Morgan fingerprint density at radius 1 is 1.08 bits per heavy atom. The minimum absolute atomic E-state index is 0.833. The molecule has 1 saturated carbocycles. The summed E-state index contributed by atoms with van der Waals surface area (Å²) in [4.78, 5) is 17.8. The highest BCUT2D eigenvalue weighted by Gasteiger charge is 1.95. The van der Waals surface area contributed by atoms with E-state index in [2.05, 4.69) is 6.58 Å². The van der Waals surface area contributed by atoms with E-state index < -0.39 is 12.1 Å². The van der Waals surface area contributed by atoms with Crippen molar-refractivity contribution in [1.82, 2.24) is 0 Å². The first-order valence-electron chi connectivity index (χ1n) is 3.28. The number of carboxylic acids is 1. The zero-order chi connectivity index (χ0) is 9.98. The van der Waals surface area contributed by atoms with Gasteiger partial charge < -0.3 is 15.3 Å². The molecule has 1 aliphatic rings. The van der Waals surface area contributed by atoms with Crippen molar-refractivity contribution in [2.24, 2.45) is 0 Å². The van der Waals surface area contributed by atoms with Gasteiger partial charge in [-0.3, -0.25) is 0 Å². The van der Waals surface area contributed by atoms with Crippen LogP contribution in [0.5, 0.6) is 0 Å². The van der Waals surface area contributed by atoms with Gasteiger partial charge in [0.15, 0.2) is 0 Å². The molecule has 70 valence electrons. The molecule has 12 heavy (non-hydrogen) atoms. The second-order valence-corrected chi connectivity index (χ2v) is 1.89. The van der Waals surface area contributed by atoms with Crippen molar-refractivity contribution >= 4 is 12.1 Å². The Morgan fingerprint density at radius 2 is 1.25 bits per heavy atom. The van der Waals surface area contributed by atoms with Crippen LogP contribution in [-0.4, -0.2) is 27.4 Å². The van der Waals surface area contributed by atoms with Crippen molar-refractivity contribution in [1.29, 1.82) is 0 Å². The molecule has 5 nitrogen and oxygen atoms in total. The quantitative estimate of drug-likeness (QED) is 0.528. The lowest BCUT2D eigenvalue weighted by Crippen LogP contribution is -1.82. The molecule has 0 aromatic heterocycles. The van der Waals surface area contributed by atoms with Crippen LogP contribution in [0, 0.1) is 0 Å². The predicted molar refractivity (Wildman–Crippen MR) is 42.3 cm³/mol. The smallest absolute Gasteiger partial charge is 0.478 e. The first kappa shape index (κ1) is 13.1. The van der Waals surface area contributed by atoms with Crippen molar-refractivity contribution < 1.29 is 24.9 Å². The Balaban J connectivity index is 0. The molecule has 0 atom stereocenters. The zero-order valence-electron chi connectivity index (χ0n) is 6.56. The average molecular weight is 176 g/mol. The minimum Gasteiger partial charge on any atom is -0.478 e. The molecule has 0 spiro atoms. The molecule has 0 saturated heterocycles. The Kier molecular flexibility index (Phi) is 10.3. The van der Waals surface area contributed by atoms with Gasteiger partial charge in [0.25, 0.3) is 0 Å². The number of carboxylic acid groups (broad SMARTS) is 3. The monoisotopic (exact) mass is 176 g/mol. The Hall–Kier alpha value is -1.52. The fourth-order valence-corrected chi connectivity index (χ4v) is 0. The summed E-state index contributed by atoms with van der Waals surface area (Å²) in [7, 11) is 0. The molecule has 5 heteroatoms. The van der Waals surface area contributed by atoms with E-state index in [0.29, 0.717) is 0 Å². The number of aliphatic carboxylic acids is 1. The molecule has 0 aromatic rings. The lowest BCUT2D eigenvalue weighted by Gasteiger charge is -1.64. The van der Waals surface area contributed by atoms with Crippen LogP contribution in [0.15, 0.2) is 12.7 Å². The van der Waals surface area contributed by atoms with Crippen molar-refractivity contribution in [2.75, 3.05) is 0 Å². The van der Waals surface area contributed by atoms with Crippen molar-refractivity contribution in [2.45, 2.75) is 19.3 Å². The van der Waals surface area contributed by atoms with E-state index >= 15 is 0 Å². The van der Waals surface area contributed by atoms with Crippen LogP contribution in [0.3, 0.4) is 0 Å². The van der Waals surface area contributed by atoms with E-state index in [0.717, 1.165) is 6.08 Å². The standard InChI is InChI=1S/C3H4O2.C3H6.CH2O3/c1-2-3(4)5;1-2-3-1;2-1(3)4/h2H,1H2,(H,4,5);1-3H2;(H2,2,3,4). The first-order chi connectivity index (χ1) is 5.50. The summed E-state index contributed by atoms with van der Waals surface area (Å²) in [6, 6.07) is 0. The van der Waals surface area contributed by atoms with Gasteiger partial charge in [-0.25, -0.2) is 9.59 Å². The van der Waals surface area contributed by atoms with Crippen LogP contribution in [-0.2, 0) is 4.79 Å². The van der Waals surface area contributed by atoms with Crippen LogP contribution >= 0.6 is 0 Å². The molecule has 1 rings (SSSR count). The summed E-state index contributed by atoms with van der Waals surface area (Å²) in [5.74, 6) is -0.981. The molecule has 0 aromatic carbocycles. The third kappa shape index (κ3) is 217. The normalized spacial score (nSPS) is 10.7. The first-order valence-corrected chi connectivity index (χ1v) is 3.28. The molecule has 3 N–H and O–H groups in total. The molecule has 0 heterocycles. The molecular weight excluding hydrogens is 164 g/mol. The molecule has 0 radical (unpaired) electrons.